The van der Waals surface area contributed by atoms with E-state index in [1.807, 2.05) is 55.6 Å². The largest absolute Gasteiger partial charge is 0.493 e. The summed E-state index contributed by atoms with van der Waals surface area (Å²) in [6.45, 7) is 1.47. The smallest absolute Gasteiger partial charge is 0.277 e. The van der Waals surface area contributed by atoms with Gasteiger partial charge in [-0.25, -0.2) is 0 Å². The normalized spacial score (nSPS) is 11.4. The molecule has 0 aliphatic rings. The number of benzene rings is 2. The zero-order chi connectivity index (χ0) is 21.2. The van der Waals surface area contributed by atoms with E-state index in [-0.39, 0.29) is 18.4 Å². The Kier molecular flexibility index (Phi) is 8.48. The molecule has 2 aromatic carbocycles. The second-order valence-electron chi connectivity index (χ2n) is 6.99. The van der Waals surface area contributed by atoms with Crippen molar-refractivity contribution in [2.24, 2.45) is 0 Å². The summed E-state index contributed by atoms with van der Waals surface area (Å²) in [5.74, 6) is 1.07. The number of quaternary nitrogens is 1. The van der Waals surface area contributed by atoms with E-state index in [2.05, 4.69) is 5.32 Å². The van der Waals surface area contributed by atoms with E-state index in [4.69, 9.17) is 9.47 Å². The Hall–Kier alpha value is -3.06. The third-order valence-corrected chi connectivity index (χ3v) is 4.51. The number of hydrogen-bond acceptors (Lipinski definition) is 4. The molecule has 29 heavy (non-hydrogen) atoms. The lowest BCUT2D eigenvalue weighted by atomic mass is 10.2. The van der Waals surface area contributed by atoms with E-state index in [0.717, 1.165) is 16.0 Å². The van der Waals surface area contributed by atoms with Crippen molar-refractivity contribution in [3.05, 3.63) is 59.7 Å². The molecule has 0 aromatic heterocycles. The summed E-state index contributed by atoms with van der Waals surface area (Å²) in [4.78, 5) is 26.1. The van der Waals surface area contributed by atoms with Crippen molar-refractivity contribution in [2.75, 3.05) is 41.3 Å². The molecule has 0 bridgehead atoms. The molecule has 2 rings (SSSR count). The third kappa shape index (κ3) is 7.12. The molecule has 7 nitrogen and oxygen atoms in total. The van der Waals surface area contributed by atoms with Crippen molar-refractivity contribution in [1.82, 2.24) is 10.2 Å². The molecular formula is C22H30N3O4+. The molecular weight excluding hydrogens is 370 g/mol. The van der Waals surface area contributed by atoms with Crippen LogP contribution in [0.1, 0.15) is 11.1 Å². The van der Waals surface area contributed by atoms with Gasteiger partial charge >= 0.3 is 0 Å². The molecule has 0 saturated heterocycles. The summed E-state index contributed by atoms with van der Waals surface area (Å²) >= 11 is 0. The van der Waals surface area contributed by atoms with E-state index >= 15 is 0 Å². The fourth-order valence-corrected chi connectivity index (χ4v) is 2.86. The van der Waals surface area contributed by atoms with Gasteiger partial charge in [0, 0.05) is 19.7 Å². The summed E-state index contributed by atoms with van der Waals surface area (Å²) in [6, 6.07) is 15.8. The Balaban J connectivity index is 1.93. The standard InChI is InChI=1S/C22H29N3O4/c1-23-21(26)14-25(3)22(27)15-24(2)13-18-10-11-19(20(12-18)28-4)29-16-17-8-6-5-7-9-17/h5-12H,13-16H2,1-4H3,(H,23,26)/p+1. The molecule has 2 N–H and O–H groups in total. The van der Waals surface area contributed by atoms with E-state index in [0.29, 0.717) is 31.2 Å². The van der Waals surface area contributed by atoms with Crippen LogP contribution < -0.4 is 19.7 Å². The van der Waals surface area contributed by atoms with Crippen molar-refractivity contribution in [3.8, 4) is 11.5 Å². The second-order valence-corrected chi connectivity index (χ2v) is 6.99. The monoisotopic (exact) mass is 400 g/mol. The first kappa shape index (κ1) is 22.2. The van der Waals surface area contributed by atoms with Gasteiger partial charge in [-0.2, -0.15) is 0 Å². The van der Waals surface area contributed by atoms with E-state index < -0.39 is 0 Å². The molecule has 0 saturated carbocycles. The summed E-state index contributed by atoms with van der Waals surface area (Å²) in [7, 11) is 6.74. The van der Waals surface area contributed by atoms with Crippen LogP contribution in [0.5, 0.6) is 11.5 Å². The first-order chi connectivity index (χ1) is 13.9. The van der Waals surface area contributed by atoms with Crippen LogP contribution in [0.2, 0.25) is 0 Å². The number of rotatable bonds is 10. The van der Waals surface area contributed by atoms with Crippen LogP contribution in [0, 0.1) is 0 Å². The van der Waals surface area contributed by atoms with Crippen LogP contribution in [0.4, 0.5) is 0 Å². The summed E-state index contributed by atoms with van der Waals surface area (Å²) < 4.78 is 11.4. The van der Waals surface area contributed by atoms with E-state index in [1.54, 1.807) is 21.2 Å². The third-order valence-electron chi connectivity index (χ3n) is 4.51. The first-order valence-electron chi connectivity index (χ1n) is 9.52. The van der Waals surface area contributed by atoms with Crippen LogP contribution in [0.15, 0.2) is 48.5 Å². The summed E-state index contributed by atoms with van der Waals surface area (Å²) in [5.41, 5.74) is 2.12. The van der Waals surface area contributed by atoms with Crippen molar-refractivity contribution in [3.63, 3.8) is 0 Å². The zero-order valence-corrected chi connectivity index (χ0v) is 17.5. The SMILES string of the molecule is CNC(=O)CN(C)C(=O)C[NH+](C)Cc1ccc(OCc2ccccc2)c(OC)c1. The van der Waals surface area contributed by atoms with Gasteiger partial charge in [0.25, 0.3) is 5.91 Å². The average Bonchev–Trinajstić information content (AvgIpc) is 2.73. The lowest BCUT2D eigenvalue weighted by Gasteiger charge is -2.20. The van der Waals surface area contributed by atoms with Crippen LogP contribution in [-0.2, 0) is 22.7 Å². The van der Waals surface area contributed by atoms with Gasteiger partial charge in [-0.1, -0.05) is 30.3 Å². The molecule has 0 aliphatic carbocycles. The maximum Gasteiger partial charge on any atom is 0.277 e. The fourth-order valence-electron chi connectivity index (χ4n) is 2.86. The molecule has 0 spiro atoms. The average molecular weight is 400 g/mol. The number of ether oxygens (including phenoxy) is 2. The van der Waals surface area contributed by atoms with E-state index in [9.17, 15) is 9.59 Å². The van der Waals surface area contributed by atoms with Crippen molar-refractivity contribution >= 4 is 11.8 Å². The minimum absolute atomic E-state index is 0.0594. The number of nitrogens with zero attached hydrogens (tertiary/aromatic N) is 1. The predicted molar refractivity (Wildman–Crippen MR) is 111 cm³/mol. The molecule has 0 aliphatic heterocycles. The summed E-state index contributed by atoms with van der Waals surface area (Å²) in [5, 5.41) is 2.52. The predicted octanol–water partition coefficient (Wildman–Crippen LogP) is 0.493. The van der Waals surface area contributed by atoms with Gasteiger partial charge in [0.2, 0.25) is 5.91 Å². The molecule has 0 heterocycles. The number of hydrogen-bond donors (Lipinski definition) is 2. The van der Waals surface area contributed by atoms with Crippen LogP contribution in [0.3, 0.4) is 0 Å². The quantitative estimate of drug-likeness (QED) is 0.609. The van der Waals surface area contributed by atoms with Crippen LogP contribution in [-0.4, -0.2) is 58.1 Å². The maximum atomic E-state index is 12.3. The van der Waals surface area contributed by atoms with Crippen molar-refractivity contribution in [2.45, 2.75) is 13.2 Å². The summed E-state index contributed by atoms with van der Waals surface area (Å²) in [6.07, 6.45) is 0. The Morgan fingerprint density at radius 1 is 1.07 bits per heavy atom. The molecule has 0 radical (unpaired) electrons. The van der Waals surface area contributed by atoms with Gasteiger partial charge < -0.3 is 24.6 Å². The lowest BCUT2D eigenvalue weighted by molar-refractivity contribution is -0.885. The highest BCUT2D eigenvalue weighted by molar-refractivity contribution is 5.84. The molecule has 2 aromatic rings. The highest BCUT2D eigenvalue weighted by Crippen LogP contribution is 2.28. The Labute approximate surface area is 172 Å². The van der Waals surface area contributed by atoms with Gasteiger partial charge in [-0.05, 0) is 23.8 Å². The second kappa shape index (κ2) is 11.1. The number of carbonyl (C=O) groups is 2. The number of amides is 2. The number of methoxy groups -OCH3 is 1. The number of likely N-dealkylation sites (N-methyl/N-ethyl adjacent to an activating group) is 3. The number of carbonyl (C=O) groups excluding carboxylic acids is 2. The van der Waals surface area contributed by atoms with Gasteiger partial charge in [0.05, 0.1) is 20.7 Å². The Bertz CT molecular complexity index is 811. The van der Waals surface area contributed by atoms with Crippen LogP contribution >= 0.6 is 0 Å². The Morgan fingerprint density at radius 2 is 1.79 bits per heavy atom. The van der Waals surface area contributed by atoms with Gasteiger partial charge in [0.1, 0.15) is 13.2 Å². The minimum Gasteiger partial charge on any atom is -0.493 e. The molecule has 7 heteroatoms. The maximum absolute atomic E-state index is 12.3. The van der Waals surface area contributed by atoms with Gasteiger partial charge in [-0.15, -0.1) is 0 Å². The molecule has 0 fully saturated rings. The first-order valence-corrected chi connectivity index (χ1v) is 9.52. The lowest BCUT2D eigenvalue weighted by Crippen LogP contribution is -3.08. The Morgan fingerprint density at radius 3 is 2.45 bits per heavy atom. The highest BCUT2D eigenvalue weighted by atomic mass is 16.5. The fraction of sp³-hybridized carbons (Fsp3) is 0.364. The minimum atomic E-state index is -0.186. The van der Waals surface area contributed by atoms with Crippen molar-refractivity contribution < 1.29 is 24.0 Å². The molecule has 156 valence electrons. The van der Waals surface area contributed by atoms with Gasteiger partial charge in [-0.3, -0.25) is 9.59 Å². The number of nitrogens with one attached hydrogen (secondary N) is 2. The van der Waals surface area contributed by atoms with Gasteiger partial charge in [0.15, 0.2) is 18.0 Å². The topological polar surface area (TPSA) is 72.3 Å². The highest BCUT2D eigenvalue weighted by Gasteiger charge is 2.17. The molecule has 1 atom stereocenters. The van der Waals surface area contributed by atoms with E-state index in [1.165, 1.54) is 4.90 Å². The molecule has 1 unspecified atom stereocenters. The van der Waals surface area contributed by atoms with Crippen molar-refractivity contribution in [1.29, 1.82) is 0 Å². The molecule has 2 amide bonds. The van der Waals surface area contributed by atoms with Crippen LogP contribution in [0.25, 0.3) is 0 Å². The zero-order valence-electron chi connectivity index (χ0n) is 17.5.